The molecule has 2 heterocycles. The molecule has 140 valence electrons. The minimum absolute atomic E-state index is 0.234. The van der Waals surface area contributed by atoms with Gasteiger partial charge in [0.15, 0.2) is 0 Å². The summed E-state index contributed by atoms with van der Waals surface area (Å²) >= 11 is 0. The second-order valence-corrected chi connectivity index (χ2v) is 6.04. The van der Waals surface area contributed by atoms with Crippen molar-refractivity contribution in [2.24, 2.45) is 0 Å². The molecule has 1 saturated heterocycles. The summed E-state index contributed by atoms with van der Waals surface area (Å²) in [5, 5.41) is 5.73. The Morgan fingerprint density at radius 2 is 1.96 bits per heavy atom. The van der Waals surface area contributed by atoms with Crippen molar-refractivity contribution in [2.75, 3.05) is 32.7 Å². The Balaban J connectivity index is 1.76. The minimum atomic E-state index is -4.49. The number of nitrogens with one attached hydrogen (secondary N) is 2. The predicted molar refractivity (Wildman–Crippen MR) is 89.1 cm³/mol. The van der Waals surface area contributed by atoms with Crippen LogP contribution in [-0.4, -0.2) is 55.7 Å². The van der Waals surface area contributed by atoms with Gasteiger partial charge in [-0.25, -0.2) is 4.79 Å². The molecule has 1 unspecified atom stereocenters. The molecule has 1 aromatic carbocycles. The van der Waals surface area contributed by atoms with Crippen LogP contribution in [0.1, 0.15) is 10.4 Å². The molecule has 9 heteroatoms. The van der Waals surface area contributed by atoms with E-state index in [1.807, 2.05) is 0 Å². The summed E-state index contributed by atoms with van der Waals surface area (Å²) in [4.78, 5) is 25.5. The van der Waals surface area contributed by atoms with Crippen molar-refractivity contribution in [2.45, 2.75) is 12.2 Å². The number of rotatable bonds is 4. The number of hydrogen-bond donors (Lipinski definition) is 2. The fraction of sp³-hybridized carbons (Fsp3) is 0.412. The molecule has 6 nitrogen and oxygen atoms in total. The maximum absolute atomic E-state index is 13.4. The second kappa shape index (κ2) is 7.46. The first-order valence-electron chi connectivity index (χ1n) is 8.19. The van der Waals surface area contributed by atoms with Crippen molar-refractivity contribution >= 4 is 16.9 Å². The number of hydrogen-bond acceptors (Lipinski definition) is 5. The van der Waals surface area contributed by atoms with E-state index >= 15 is 0 Å². The quantitative estimate of drug-likeness (QED) is 0.796. The zero-order valence-corrected chi connectivity index (χ0v) is 13.8. The number of halogens is 3. The lowest BCUT2D eigenvalue weighted by Crippen LogP contribution is -2.57. The molecule has 0 radical (unpaired) electrons. The zero-order valence-electron chi connectivity index (χ0n) is 13.8. The first-order chi connectivity index (χ1) is 12.4. The van der Waals surface area contributed by atoms with Crippen molar-refractivity contribution in [3.63, 3.8) is 0 Å². The van der Waals surface area contributed by atoms with Crippen LogP contribution in [0.4, 0.5) is 13.2 Å². The number of para-hydroxylation sites is 1. The molecule has 0 spiro atoms. The summed E-state index contributed by atoms with van der Waals surface area (Å²) < 4.78 is 45.1. The van der Waals surface area contributed by atoms with Crippen molar-refractivity contribution in [3.05, 3.63) is 46.3 Å². The molecule has 3 rings (SSSR count). The molecular weight excluding hydrogens is 351 g/mol. The van der Waals surface area contributed by atoms with E-state index in [2.05, 4.69) is 10.6 Å². The zero-order chi connectivity index (χ0) is 18.7. The predicted octanol–water partition coefficient (Wildman–Crippen LogP) is 1.36. The van der Waals surface area contributed by atoms with E-state index < -0.39 is 30.3 Å². The first kappa shape index (κ1) is 18.4. The van der Waals surface area contributed by atoms with Gasteiger partial charge in [0.05, 0.1) is 0 Å². The van der Waals surface area contributed by atoms with E-state index in [9.17, 15) is 22.8 Å². The third-order valence-corrected chi connectivity index (χ3v) is 4.31. The van der Waals surface area contributed by atoms with Gasteiger partial charge in [-0.05, 0) is 12.1 Å². The van der Waals surface area contributed by atoms with Crippen molar-refractivity contribution < 1.29 is 22.4 Å². The number of fused-ring (bicyclic) bond motifs is 1. The van der Waals surface area contributed by atoms with E-state index in [1.54, 1.807) is 24.3 Å². The third-order valence-electron chi connectivity index (χ3n) is 4.31. The Labute approximate surface area is 147 Å². The van der Waals surface area contributed by atoms with E-state index in [0.717, 1.165) is 0 Å². The van der Waals surface area contributed by atoms with Gasteiger partial charge in [0.2, 0.25) is 0 Å². The SMILES string of the molecule is O=C(NCC(N1CCNCC1)C(F)(F)F)c1cc2ccccc2oc1=O. The normalized spacial score (nSPS) is 17.2. The molecule has 0 bridgehead atoms. The number of alkyl halides is 3. The minimum Gasteiger partial charge on any atom is -0.422 e. The summed E-state index contributed by atoms with van der Waals surface area (Å²) in [6.45, 7) is 0.745. The smallest absolute Gasteiger partial charge is 0.405 e. The lowest BCUT2D eigenvalue weighted by atomic mass is 10.1. The van der Waals surface area contributed by atoms with Crippen molar-refractivity contribution in [3.8, 4) is 0 Å². The molecule has 1 aliphatic heterocycles. The van der Waals surface area contributed by atoms with Crippen LogP contribution in [0, 0.1) is 0 Å². The van der Waals surface area contributed by atoms with Crippen LogP contribution < -0.4 is 16.3 Å². The molecule has 1 aromatic heterocycles. The molecule has 1 aliphatic rings. The highest BCUT2D eigenvalue weighted by Crippen LogP contribution is 2.25. The maximum atomic E-state index is 13.4. The van der Waals surface area contributed by atoms with E-state index in [4.69, 9.17) is 4.42 Å². The highest BCUT2D eigenvalue weighted by atomic mass is 19.4. The molecule has 26 heavy (non-hydrogen) atoms. The largest absolute Gasteiger partial charge is 0.422 e. The molecular formula is C17H18F3N3O3. The van der Waals surface area contributed by atoms with E-state index in [0.29, 0.717) is 24.1 Å². The van der Waals surface area contributed by atoms with Gasteiger partial charge in [-0.1, -0.05) is 18.2 Å². The van der Waals surface area contributed by atoms with Crippen LogP contribution in [0.3, 0.4) is 0 Å². The fourth-order valence-electron chi connectivity index (χ4n) is 2.95. The Morgan fingerprint density at radius 1 is 1.27 bits per heavy atom. The number of benzene rings is 1. The Morgan fingerprint density at radius 3 is 2.65 bits per heavy atom. The van der Waals surface area contributed by atoms with Crippen LogP contribution in [0.2, 0.25) is 0 Å². The average Bonchev–Trinajstić information content (AvgIpc) is 2.61. The summed E-state index contributed by atoms with van der Waals surface area (Å²) in [7, 11) is 0. The molecule has 2 aromatic rings. The molecule has 2 N–H and O–H groups in total. The molecule has 0 saturated carbocycles. The molecule has 1 atom stereocenters. The number of carbonyl (C=O) groups is 1. The van der Waals surface area contributed by atoms with Gasteiger partial charge in [-0.15, -0.1) is 0 Å². The molecule has 0 aliphatic carbocycles. The first-order valence-corrected chi connectivity index (χ1v) is 8.19. The number of carbonyl (C=O) groups excluding carboxylic acids is 1. The average molecular weight is 369 g/mol. The molecule has 1 amide bonds. The van der Waals surface area contributed by atoms with Gasteiger partial charge in [0.1, 0.15) is 17.2 Å². The van der Waals surface area contributed by atoms with Crippen molar-refractivity contribution in [1.29, 1.82) is 0 Å². The van der Waals surface area contributed by atoms with E-state index in [-0.39, 0.29) is 18.7 Å². The summed E-state index contributed by atoms with van der Waals surface area (Å²) in [5.41, 5.74) is -0.889. The van der Waals surface area contributed by atoms with Crippen molar-refractivity contribution in [1.82, 2.24) is 15.5 Å². The maximum Gasteiger partial charge on any atom is 0.405 e. The van der Waals surface area contributed by atoms with Crippen LogP contribution in [0.5, 0.6) is 0 Å². The fourth-order valence-corrected chi connectivity index (χ4v) is 2.95. The van der Waals surface area contributed by atoms with Gasteiger partial charge in [-0.2, -0.15) is 13.2 Å². The summed E-state index contributed by atoms with van der Waals surface area (Å²) in [6.07, 6.45) is -4.49. The second-order valence-electron chi connectivity index (χ2n) is 6.04. The van der Waals surface area contributed by atoms with Crippen LogP contribution in [0.15, 0.2) is 39.5 Å². The van der Waals surface area contributed by atoms with Gasteiger partial charge in [-0.3, -0.25) is 9.69 Å². The summed E-state index contributed by atoms with van der Waals surface area (Å²) in [5.74, 6) is -0.881. The van der Waals surface area contributed by atoms with E-state index in [1.165, 1.54) is 11.0 Å². The summed E-state index contributed by atoms with van der Waals surface area (Å²) in [6, 6.07) is 6.11. The Hall–Kier alpha value is -2.39. The van der Waals surface area contributed by atoms with Gasteiger partial charge < -0.3 is 15.1 Å². The monoisotopic (exact) mass is 369 g/mol. The van der Waals surface area contributed by atoms with Gasteiger partial charge in [0.25, 0.3) is 5.91 Å². The lowest BCUT2D eigenvalue weighted by Gasteiger charge is -2.35. The Bertz CT molecular complexity index is 844. The van der Waals surface area contributed by atoms with Gasteiger partial charge >= 0.3 is 11.8 Å². The van der Waals surface area contributed by atoms with Crippen LogP contribution in [-0.2, 0) is 0 Å². The Kier molecular flexibility index (Phi) is 5.28. The highest BCUT2D eigenvalue weighted by molar-refractivity contribution is 5.96. The number of nitrogens with zero attached hydrogens (tertiary/aromatic N) is 1. The van der Waals surface area contributed by atoms with Gasteiger partial charge in [0, 0.05) is 38.1 Å². The number of piperazine rings is 1. The third kappa shape index (κ3) is 4.05. The van der Waals surface area contributed by atoms with Crippen LogP contribution in [0.25, 0.3) is 11.0 Å². The standard InChI is InChI=1S/C17H18F3N3O3/c18-17(19,20)14(23-7-5-21-6-8-23)10-22-15(24)12-9-11-3-1-2-4-13(11)26-16(12)25/h1-4,9,14,21H,5-8,10H2,(H,22,24). The molecule has 1 fully saturated rings. The van der Waals surface area contributed by atoms with Crippen LogP contribution >= 0.6 is 0 Å². The number of amides is 1. The lowest BCUT2D eigenvalue weighted by molar-refractivity contribution is -0.183. The topological polar surface area (TPSA) is 74.6 Å². The highest BCUT2D eigenvalue weighted by Gasteiger charge is 2.43.